The van der Waals surface area contributed by atoms with Crippen LogP contribution in [0.5, 0.6) is 0 Å². The van der Waals surface area contributed by atoms with Gasteiger partial charge in [-0.3, -0.25) is 9.59 Å². The van der Waals surface area contributed by atoms with E-state index in [4.69, 9.17) is 11.6 Å². The Morgan fingerprint density at radius 1 is 1.09 bits per heavy atom. The van der Waals surface area contributed by atoms with Gasteiger partial charge in [0.25, 0.3) is 11.8 Å². The fourth-order valence-corrected chi connectivity index (χ4v) is 5.98. The number of anilines is 1. The van der Waals surface area contributed by atoms with Crippen LogP contribution in [0.25, 0.3) is 0 Å². The molecule has 2 aliphatic rings. The Kier molecular flexibility index (Phi) is 5.22. The zero-order valence-corrected chi connectivity index (χ0v) is 18.9. The smallest absolute Gasteiger partial charge is 0.268 e. The van der Waals surface area contributed by atoms with Crippen molar-refractivity contribution in [2.24, 2.45) is 0 Å². The second-order valence-electron chi connectivity index (χ2n) is 7.99. The molecule has 1 spiro atoms. The standard InChI is InChI=1S/C25H20ClFN2O2S/c1-16-2-11-22-21(14-16)25(24(31)28(22)15-17-3-9-20(27)10-4-17)29(12-13-32-25)23(30)18-5-7-19(26)8-6-18/h2-11,14H,12-13,15H2,1H3. The molecule has 2 aliphatic heterocycles. The van der Waals surface area contributed by atoms with Crippen LogP contribution >= 0.6 is 23.4 Å². The van der Waals surface area contributed by atoms with E-state index in [9.17, 15) is 14.0 Å². The van der Waals surface area contributed by atoms with Gasteiger partial charge >= 0.3 is 0 Å². The maximum absolute atomic E-state index is 14.0. The van der Waals surface area contributed by atoms with Crippen LogP contribution in [0.4, 0.5) is 10.1 Å². The average molecular weight is 467 g/mol. The zero-order chi connectivity index (χ0) is 22.5. The van der Waals surface area contributed by atoms with E-state index >= 15 is 0 Å². The van der Waals surface area contributed by atoms with Crippen molar-refractivity contribution in [2.75, 3.05) is 17.2 Å². The molecule has 32 heavy (non-hydrogen) atoms. The Morgan fingerprint density at radius 3 is 2.53 bits per heavy atom. The second kappa shape index (κ2) is 7.94. The van der Waals surface area contributed by atoms with Gasteiger partial charge in [-0.1, -0.05) is 41.4 Å². The van der Waals surface area contributed by atoms with Crippen molar-refractivity contribution in [3.63, 3.8) is 0 Å². The lowest BCUT2D eigenvalue weighted by atomic mass is 10.0. The number of nitrogens with zero attached hydrogens (tertiary/aromatic N) is 2. The molecule has 0 saturated carbocycles. The number of carbonyl (C=O) groups is 2. The first-order valence-electron chi connectivity index (χ1n) is 10.3. The average Bonchev–Trinajstić information content (AvgIpc) is 3.32. The first kappa shape index (κ1) is 21.0. The Hall–Kier alpha value is -2.83. The minimum atomic E-state index is -1.11. The topological polar surface area (TPSA) is 40.6 Å². The van der Waals surface area contributed by atoms with Crippen LogP contribution in [0.3, 0.4) is 0 Å². The maximum atomic E-state index is 14.0. The van der Waals surface area contributed by atoms with Crippen molar-refractivity contribution in [3.8, 4) is 0 Å². The molecular formula is C25H20ClFN2O2S. The van der Waals surface area contributed by atoms with Crippen molar-refractivity contribution in [2.45, 2.75) is 18.3 Å². The molecule has 2 amide bonds. The molecule has 0 aromatic heterocycles. The Labute approximate surface area is 195 Å². The first-order chi connectivity index (χ1) is 15.4. The fourth-order valence-electron chi connectivity index (χ4n) is 4.41. The summed E-state index contributed by atoms with van der Waals surface area (Å²) in [5, 5.41) is 0.551. The summed E-state index contributed by atoms with van der Waals surface area (Å²) < 4.78 is 13.4. The van der Waals surface area contributed by atoms with Crippen LogP contribution in [0.15, 0.2) is 66.7 Å². The predicted octanol–water partition coefficient (Wildman–Crippen LogP) is 5.38. The second-order valence-corrected chi connectivity index (χ2v) is 9.72. The lowest BCUT2D eigenvalue weighted by Gasteiger charge is -2.33. The van der Waals surface area contributed by atoms with E-state index in [-0.39, 0.29) is 17.6 Å². The Morgan fingerprint density at radius 2 is 1.81 bits per heavy atom. The maximum Gasteiger partial charge on any atom is 0.268 e. The summed E-state index contributed by atoms with van der Waals surface area (Å²) in [5.74, 6) is -0.00790. The van der Waals surface area contributed by atoms with Crippen molar-refractivity contribution in [1.29, 1.82) is 0 Å². The number of fused-ring (bicyclic) bond motifs is 2. The number of rotatable bonds is 3. The molecule has 0 bridgehead atoms. The Balaban J connectivity index is 1.58. The lowest BCUT2D eigenvalue weighted by Crippen LogP contribution is -2.50. The van der Waals surface area contributed by atoms with Gasteiger partial charge in [0, 0.05) is 28.4 Å². The molecule has 7 heteroatoms. The number of hydrogen-bond donors (Lipinski definition) is 0. The van der Waals surface area contributed by atoms with Crippen LogP contribution in [0.2, 0.25) is 5.02 Å². The van der Waals surface area contributed by atoms with Gasteiger partial charge in [-0.15, -0.1) is 11.8 Å². The third-order valence-electron chi connectivity index (χ3n) is 5.94. The van der Waals surface area contributed by atoms with Crippen LogP contribution in [0.1, 0.15) is 27.0 Å². The SMILES string of the molecule is Cc1ccc2c(c1)C1(SCCN1C(=O)c1ccc(Cl)cc1)C(=O)N2Cc1ccc(F)cc1. The van der Waals surface area contributed by atoms with Gasteiger partial charge in [-0.2, -0.15) is 0 Å². The number of benzene rings is 3. The van der Waals surface area contributed by atoms with Crippen LogP contribution < -0.4 is 4.90 Å². The summed E-state index contributed by atoms with van der Waals surface area (Å²) in [4.78, 5) is 29.8. The van der Waals surface area contributed by atoms with Crippen LogP contribution in [0, 0.1) is 12.7 Å². The van der Waals surface area contributed by atoms with E-state index in [0.717, 1.165) is 22.4 Å². The highest BCUT2D eigenvalue weighted by molar-refractivity contribution is 8.01. The van der Waals surface area contributed by atoms with Gasteiger partial charge < -0.3 is 9.80 Å². The van der Waals surface area contributed by atoms with E-state index in [0.29, 0.717) is 29.4 Å². The van der Waals surface area contributed by atoms with Gasteiger partial charge in [0.2, 0.25) is 0 Å². The number of halogens is 2. The highest BCUT2D eigenvalue weighted by Crippen LogP contribution is 2.55. The molecule has 1 unspecified atom stereocenters. The van der Waals surface area contributed by atoms with E-state index < -0.39 is 4.87 Å². The first-order valence-corrected chi connectivity index (χ1v) is 11.7. The third kappa shape index (κ3) is 3.29. The summed E-state index contributed by atoms with van der Waals surface area (Å²) >= 11 is 7.49. The number of carbonyl (C=O) groups excluding carboxylic acids is 2. The zero-order valence-electron chi connectivity index (χ0n) is 17.3. The van der Waals surface area contributed by atoms with E-state index in [1.807, 2.05) is 25.1 Å². The summed E-state index contributed by atoms with van der Waals surface area (Å²) in [6, 6.07) is 18.8. The molecule has 1 saturated heterocycles. The van der Waals surface area contributed by atoms with Crippen molar-refractivity contribution in [3.05, 3.63) is 99.8 Å². The molecule has 162 valence electrons. The van der Waals surface area contributed by atoms with Crippen molar-refractivity contribution < 1.29 is 14.0 Å². The molecule has 1 atom stereocenters. The van der Waals surface area contributed by atoms with E-state index in [1.165, 1.54) is 23.9 Å². The summed E-state index contributed by atoms with van der Waals surface area (Å²) in [6.45, 7) is 2.75. The number of aryl methyl sites for hydroxylation is 1. The molecule has 5 rings (SSSR count). The Bertz CT molecular complexity index is 1220. The summed E-state index contributed by atoms with van der Waals surface area (Å²) in [7, 11) is 0. The molecular weight excluding hydrogens is 447 g/mol. The predicted molar refractivity (Wildman–Crippen MR) is 125 cm³/mol. The van der Waals surface area contributed by atoms with Gasteiger partial charge in [0.05, 0.1) is 12.2 Å². The lowest BCUT2D eigenvalue weighted by molar-refractivity contribution is -0.123. The number of thioether (sulfide) groups is 1. The molecule has 0 aliphatic carbocycles. The van der Waals surface area contributed by atoms with Crippen molar-refractivity contribution in [1.82, 2.24) is 4.90 Å². The van der Waals surface area contributed by atoms with Gasteiger partial charge in [0.15, 0.2) is 4.87 Å². The fraction of sp³-hybridized carbons (Fsp3) is 0.200. The highest BCUT2D eigenvalue weighted by atomic mass is 35.5. The van der Waals surface area contributed by atoms with Gasteiger partial charge in [-0.05, 0) is 55.0 Å². The molecule has 1 fully saturated rings. The minimum Gasteiger partial charge on any atom is -0.311 e. The van der Waals surface area contributed by atoms with Crippen molar-refractivity contribution >= 4 is 40.9 Å². The normalized spacial score (nSPS) is 19.7. The summed E-state index contributed by atoms with van der Waals surface area (Å²) in [5.41, 5.74) is 3.95. The minimum absolute atomic E-state index is 0.146. The quantitative estimate of drug-likeness (QED) is 0.520. The van der Waals surface area contributed by atoms with E-state index in [1.54, 1.807) is 46.2 Å². The third-order valence-corrected chi connectivity index (χ3v) is 7.61. The highest BCUT2D eigenvalue weighted by Gasteiger charge is 2.59. The van der Waals surface area contributed by atoms with Gasteiger partial charge in [0.1, 0.15) is 5.82 Å². The molecule has 3 aromatic rings. The summed E-state index contributed by atoms with van der Waals surface area (Å²) in [6.07, 6.45) is 0. The number of hydrogen-bond acceptors (Lipinski definition) is 3. The van der Waals surface area contributed by atoms with Crippen LogP contribution in [-0.4, -0.2) is 29.0 Å². The van der Waals surface area contributed by atoms with E-state index in [2.05, 4.69) is 0 Å². The largest absolute Gasteiger partial charge is 0.311 e. The molecule has 3 aromatic carbocycles. The van der Waals surface area contributed by atoms with Crippen LogP contribution in [-0.2, 0) is 16.2 Å². The molecule has 2 heterocycles. The number of amides is 2. The molecule has 0 radical (unpaired) electrons. The van der Waals surface area contributed by atoms with Gasteiger partial charge in [-0.25, -0.2) is 4.39 Å². The molecule has 0 N–H and O–H groups in total. The molecule has 4 nitrogen and oxygen atoms in total. The monoisotopic (exact) mass is 466 g/mol.